The van der Waals surface area contributed by atoms with Crippen LogP contribution in [0.1, 0.15) is 18.4 Å². The molecule has 4 heteroatoms. The van der Waals surface area contributed by atoms with Gasteiger partial charge in [0.2, 0.25) is 11.6 Å². The van der Waals surface area contributed by atoms with Crippen LogP contribution in [0.25, 0.3) is 0 Å². The van der Waals surface area contributed by atoms with Crippen LogP contribution in [-0.4, -0.2) is 13.2 Å². The molecule has 0 atom stereocenters. The van der Waals surface area contributed by atoms with E-state index in [2.05, 4.69) is 0 Å². The van der Waals surface area contributed by atoms with E-state index in [0.29, 0.717) is 12.4 Å². The Kier molecular flexibility index (Phi) is 3.95. The van der Waals surface area contributed by atoms with Gasteiger partial charge in [0.25, 0.3) is 0 Å². The van der Waals surface area contributed by atoms with E-state index in [9.17, 15) is 4.39 Å². The normalized spacial score (nSPS) is 13.8. The Morgan fingerprint density at radius 2 is 1.76 bits per heavy atom. The molecule has 21 heavy (non-hydrogen) atoms. The molecule has 0 saturated heterocycles. The largest absolute Gasteiger partial charge is 0.490 e. The summed E-state index contributed by atoms with van der Waals surface area (Å²) in [5, 5.41) is 0. The number of hydrogen-bond donors (Lipinski definition) is 0. The van der Waals surface area contributed by atoms with Crippen LogP contribution in [0, 0.1) is 5.82 Å². The highest BCUT2D eigenvalue weighted by molar-refractivity contribution is 5.47. The van der Waals surface area contributed by atoms with Crippen LogP contribution < -0.4 is 14.2 Å². The molecule has 3 rings (SSSR count). The Hall–Kier alpha value is -2.23. The zero-order chi connectivity index (χ0) is 14.7. The Morgan fingerprint density at radius 1 is 1.05 bits per heavy atom. The van der Waals surface area contributed by atoms with Gasteiger partial charge in [0.1, 0.15) is 6.61 Å². The van der Waals surface area contributed by atoms with E-state index >= 15 is 0 Å². The third-order valence-electron chi connectivity index (χ3n) is 3.28. The molecule has 2 aromatic carbocycles. The first-order valence-corrected chi connectivity index (χ1v) is 6.98. The van der Waals surface area contributed by atoms with Crippen LogP contribution in [0.4, 0.5) is 4.39 Å². The highest BCUT2D eigenvalue weighted by Crippen LogP contribution is 2.39. The van der Waals surface area contributed by atoms with Crippen LogP contribution in [0.3, 0.4) is 0 Å². The maximum absolute atomic E-state index is 14.4. The van der Waals surface area contributed by atoms with E-state index in [1.54, 1.807) is 12.1 Å². The summed E-state index contributed by atoms with van der Waals surface area (Å²) < 4.78 is 30.7. The number of ether oxygens (including phenoxy) is 3. The molecule has 1 fully saturated rings. The molecule has 0 N–H and O–H groups in total. The average Bonchev–Trinajstić information content (AvgIpc) is 3.32. The fraction of sp³-hybridized carbons (Fsp3) is 0.294. The number of benzene rings is 2. The van der Waals surface area contributed by atoms with Gasteiger partial charge < -0.3 is 14.2 Å². The summed E-state index contributed by atoms with van der Waals surface area (Å²) in [5.74, 6) is 0.183. The maximum Gasteiger partial charge on any atom is 0.210 e. The Bertz CT molecular complexity index is 609. The predicted octanol–water partition coefficient (Wildman–Crippen LogP) is 3.95. The quantitative estimate of drug-likeness (QED) is 0.805. The van der Waals surface area contributed by atoms with Gasteiger partial charge in [0.05, 0.1) is 13.2 Å². The molecule has 0 radical (unpaired) electrons. The Labute approximate surface area is 123 Å². The summed E-state index contributed by atoms with van der Waals surface area (Å²) in [6.45, 7) is 0.309. The lowest BCUT2D eigenvalue weighted by molar-refractivity contribution is 0.259. The third kappa shape index (κ3) is 3.27. The molecular weight excluding hydrogens is 271 g/mol. The summed E-state index contributed by atoms with van der Waals surface area (Å²) in [7, 11) is 1.43. The lowest BCUT2D eigenvalue weighted by Crippen LogP contribution is -2.03. The molecule has 0 aromatic heterocycles. The van der Waals surface area contributed by atoms with E-state index in [1.165, 1.54) is 7.11 Å². The molecule has 2 aromatic rings. The number of halogens is 1. The number of hydrogen-bond acceptors (Lipinski definition) is 3. The first kappa shape index (κ1) is 13.7. The van der Waals surface area contributed by atoms with Gasteiger partial charge in [0.15, 0.2) is 11.5 Å². The second-order valence-corrected chi connectivity index (χ2v) is 5.00. The van der Waals surface area contributed by atoms with Crippen LogP contribution in [0.5, 0.6) is 17.2 Å². The molecule has 1 aliphatic rings. The van der Waals surface area contributed by atoms with Gasteiger partial charge in [-0.25, -0.2) is 0 Å². The molecule has 0 heterocycles. The molecule has 1 aliphatic carbocycles. The Balaban J connectivity index is 1.75. The Morgan fingerprint density at radius 3 is 2.43 bits per heavy atom. The monoisotopic (exact) mass is 288 g/mol. The predicted molar refractivity (Wildman–Crippen MR) is 77.4 cm³/mol. The summed E-state index contributed by atoms with van der Waals surface area (Å²) in [4.78, 5) is 0. The van der Waals surface area contributed by atoms with E-state index in [4.69, 9.17) is 14.2 Å². The number of methoxy groups -OCH3 is 1. The van der Waals surface area contributed by atoms with Crippen LogP contribution in [-0.2, 0) is 6.61 Å². The van der Waals surface area contributed by atoms with Crippen LogP contribution in [0.2, 0.25) is 0 Å². The SMILES string of the molecule is COc1c(OC2CC2)ccc(OCc2ccccc2)c1F. The van der Waals surface area contributed by atoms with Crippen molar-refractivity contribution in [1.82, 2.24) is 0 Å². The second kappa shape index (κ2) is 6.04. The lowest BCUT2D eigenvalue weighted by Gasteiger charge is -2.14. The molecule has 1 saturated carbocycles. The minimum absolute atomic E-state index is 0.104. The smallest absolute Gasteiger partial charge is 0.210 e. The first-order valence-electron chi connectivity index (χ1n) is 6.98. The maximum atomic E-state index is 14.4. The summed E-state index contributed by atoms with van der Waals surface area (Å²) >= 11 is 0. The summed E-state index contributed by atoms with van der Waals surface area (Å²) in [6, 6.07) is 12.9. The lowest BCUT2D eigenvalue weighted by atomic mass is 10.2. The minimum Gasteiger partial charge on any atom is -0.490 e. The van der Waals surface area contributed by atoms with Gasteiger partial charge in [0, 0.05) is 0 Å². The molecule has 0 spiro atoms. The highest BCUT2D eigenvalue weighted by Gasteiger charge is 2.26. The van der Waals surface area contributed by atoms with Gasteiger partial charge in [-0.05, 0) is 30.5 Å². The molecular formula is C17H17FO3. The van der Waals surface area contributed by atoms with E-state index < -0.39 is 5.82 Å². The van der Waals surface area contributed by atoms with E-state index in [0.717, 1.165) is 18.4 Å². The number of rotatable bonds is 6. The average molecular weight is 288 g/mol. The molecule has 110 valence electrons. The van der Waals surface area contributed by atoms with Crippen molar-refractivity contribution in [2.45, 2.75) is 25.6 Å². The molecule has 0 amide bonds. The third-order valence-corrected chi connectivity index (χ3v) is 3.28. The van der Waals surface area contributed by atoms with E-state index in [1.807, 2.05) is 30.3 Å². The van der Waals surface area contributed by atoms with Gasteiger partial charge in [-0.2, -0.15) is 4.39 Å². The zero-order valence-corrected chi connectivity index (χ0v) is 11.8. The van der Waals surface area contributed by atoms with Crippen molar-refractivity contribution in [2.75, 3.05) is 7.11 Å². The fourth-order valence-electron chi connectivity index (χ4n) is 2.02. The van der Waals surface area contributed by atoms with Crippen molar-refractivity contribution < 1.29 is 18.6 Å². The second-order valence-electron chi connectivity index (χ2n) is 5.00. The minimum atomic E-state index is -0.522. The standard InChI is InChI=1S/C17H17FO3/c1-19-17-15(21-13-7-8-13)10-9-14(16(17)18)20-11-12-5-3-2-4-6-12/h2-6,9-10,13H,7-8,11H2,1H3. The van der Waals surface area contributed by atoms with Gasteiger partial charge in [-0.3, -0.25) is 0 Å². The highest BCUT2D eigenvalue weighted by atomic mass is 19.1. The van der Waals surface area contributed by atoms with Crippen LogP contribution >= 0.6 is 0 Å². The zero-order valence-electron chi connectivity index (χ0n) is 11.8. The molecule has 0 unspecified atom stereocenters. The van der Waals surface area contributed by atoms with Crippen molar-refractivity contribution in [3.05, 3.63) is 53.8 Å². The first-order chi connectivity index (χ1) is 10.3. The topological polar surface area (TPSA) is 27.7 Å². The molecule has 0 bridgehead atoms. The fourth-order valence-corrected chi connectivity index (χ4v) is 2.02. The van der Waals surface area contributed by atoms with Crippen LogP contribution in [0.15, 0.2) is 42.5 Å². The molecule has 0 aliphatic heterocycles. The van der Waals surface area contributed by atoms with Crippen molar-refractivity contribution in [3.63, 3.8) is 0 Å². The van der Waals surface area contributed by atoms with Gasteiger partial charge in [-0.1, -0.05) is 30.3 Å². The van der Waals surface area contributed by atoms with Crippen molar-refractivity contribution in [3.8, 4) is 17.2 Å². The summed E-state index contributed by atoms with van der Waals surface area (Å²) in [5.41, 5.74) is 0.981. The van der Waals surface area contributed by atoms with Crippen molar-refractivity contribution in [1.29, 1.82) is 0 Å². The van der Waals surface area contributed by atoms with Gasteiger partial charge >= 0.3 is 0 Å². The van der Waals surface area contributed by atoms with Gasteiger partial charge in [-0.15, -0.1) is 0 Å². The van der Waals surface area contributed by atoms with E-state index in [-0.39, 0.29) is 17.6 Å². The summed E-state index contributed by atoms with van der Waals surface area (Å²) in [6.07, 6.45) is 2.21. The molecule has 3 nitrogen and oxygen atoms in total. The van der Waals surface area contributed by atoms with Crippen molar-refractivity contribution in [2.24, 2.45) is 0 Å². The van der Waals surface area contributed by atoms with Crippen molar-refractivity contribution >= 4 is 0 Å².